The summed E-state index contributed by atoms with van der Waals surface area (Å²) in [7, 11) is -3.81. The quantitative estimate of drug-likeness (QED) is 0.689. The zero-order valence-corrected chi connectivity index (χ0v) is 14.6. The number of hydrogen-bond acceptors (Lipinski definition) is 3. The van der Waals surface area contributed by atoms with Crippen molar-refractivity contribution in [3.8, 4) is 5.69 Å². The highest BCUT2D eigenvalue weighted by molar-refractivity contribution is 7.73. The molecular weight excluding hydrogens is 337 g/mol. The summed E-state index contributed by atoms with van der Waals surface area (Å²) < 4.78 is 14.5. The molecule has 1 amide bonds. The van der Waals surface area contributed by atoms with Crippen molar-refractivity contribution >= 4 is 29.8 Å². The van der Waals surface area contributed by atoms with Crippen LogP contribution in [0.25, 0.3) is 5.69 Å². The lowest BCUT2D eigenvalue weighted by molar-refractivity contribution is -0.115. The van der Waals surface area contributed by atoms with Crippen LogP contribution in [-0.2, 0) is 9.36 Å². The van der Waals surface area contributed by atoms with E-state index >= 15 is 0 Å². The normalized spacial score (nSPS) is 13.2. The van der Waals surface area contributed by atoms with E-state index in [1.165, 1.54) is 6.20 Å². The summed E-state index contributed by atoms with van der Waals surface area (Å²) in [6.07, 6.45) is 3.53. The lowest BCUT2D eigenvalue weighted by Gasteiger charge is -2.14. The number of rotatable bonds is 5. The van der Waals surface area contributed by atoms with Crippen molar-refractivity contribution in [1.82, 2.24) is 9.55 Å². The third-order valence-electron chi connectivity index (χ3n) is 3.75. The van der Waals surface area contributed by atoms with E-state index in [0.29, 0.717) is 23.1 Å². The molecule has 1 aromatic heterocycles. The second-order valence-corrected chi connectivity index (χ2v) is 7.53. The number of amides is 1. The molecule has 0 aliphatic rings. The number of carbonyl (C=O) groups excluding carboxylic acids is 1. The van der Waals surface area contributed by atoms with E-state index in [1.54, 1.807) is 72.3 Å². The van der Waals surface area contributed by atoms with Crippen LogP contribution in [0.1, 0.15) is 13.3 Å². The van der Waals surface area contributed by atoms with Gasteiger partial charge in [-0.3, -0.25) is 13.9 Å². The highest BCUT2D eigenvalue weighted by atomic mass is 31.2. The molecule has 0 aliphatic heterocycles. The molecule has 0 bridgehead atoms. The fourth-order valence-electron chi connectivity index (χ4n) is 2.42. The molecule has 0 radical (unpaired) electrons. The maximum atomic E-state index is 12.9. The first kappa shape index (κ1) is 17.1. The number of anilines is 1. The maximum Gasteiger partial charge on any atom is 0.293 e. The van der Waals surface area contributed by atoms with Gasteiger partial charge in [0, 0.05) is 35.5 Å². The Kier molecular flexibility index (Phi) is 4.83. The molecular formula is C18H18N3O3P. The first-order chi connectivity index (χ1) is 12.0. The molecule has 25 heavy (non-hydrogen) atoms. The Labute approximate surface area is 145 Å². The number of nitrogens with zero attached hydrogens (tertiary/aromatic N) is 2. The molecule has 1 atom stereocenters. The molecule has 3 rings (SSSR count). The number of nitrogens with one attached hydrogen (secondary N) is 1. The number of hydrogen-bond donors (Lipinski definition) is 2. The molecule has 3 aromatic rings. The van der Waals surface area contributed by atoms with Gasteiger partial charge in [-0.15, -0.1) is 0 Å². The average molecular weight is 355 g/mol. The van der Waals surface area contributed by atoms with E-state index in [0.717, 1.165) is 0 Å². The summed E-state index contributed by atoms with van der Waals surface area (Å²) in [4.78, 5) is 26.2. The van der Waals surface area contributed by atoms with Gasteiger partial charge < -0.3 is 10.2 Å². The first-order valence-corrected chi connectivity index (χ1v) is 9.51. The summed E-state index contributed by atoms with van der Waals surface area (Å²) in [5.74, 6) is -0.0694. The van der Waals surface area contributed by atoms with Crippen LogP contribution >= 0.6 is 7.37 Å². The Balaban J connectivity index is 1.94. The zero-order chi connectivity index (χ0) is 17.9. The smallest absolute Gasteiger partial charge is 0.293 e. The van der Waals surface area contributed by atoms with E-state index in [9.17, 15) is 14.3 Å². The second-order valence-electron chi connectivity index (χ2n) is 5.46. The van der Waals surface area contributed by atoms with Gasteiger partial charge in [0.1, 0.15) is 0 Å². The fraction of sp³-hybridized carbons (Fsp3) is 0.111. The van der Waals surface area contributed by atoms with Crippen molar-refractivity contribution in [1.29, 1.82) is 0 Å². The standard InChI is InChI=1S/C18H18N3O3P/c1-2-17(22)20-14-8-10-15(11-9-14)21-13-12-19-18(21)25(23,24)16-6-4-3-5-7-16/h3-13H,2H2,1H3,(H,20,22)(H,23,24). The van der Waals surface area contributed by atoms with Crippen LogP contribution in [-0.4, -0.2) is 20.4 Å². The Bertz CT molecular complexity index is 920. The third-order valence-corrected chi connectivity index (χ3v) is 5.62. The van der Waals surface area contributed by atoms with Gasteiger partial charge in [0.25, 0.3) is 7.37 Å². The summed E-state index contributed by atoms with van der Waals surface area (Å²) in [5, 5.41) is 3.09. The average Bonchev–Trinajstić information content (AvgIpc) is 3.13. The largest absolute Gasteiger partial charge is 0.336 e. The summed E-state index contributed by atoms with van der Waals surface area (Å²) in [5.41, 5.74) is 1.45. The van der Waals surface area contributed by atoms with Crippen molar-refractivity contribution in [3.05, 3.63) is 67.0 Å². The van der Waals surface area contributed by atoms with Crippen molar-refractivity contribution in [2.45, 2.75) is 13.3 Å². The van der Waals surface area contributed by atoms with E-state index in [2.05, 4.69) is 10.3 Å². The van der Waals surface area contributed by atoms with Crippen LogP contribution in [0, 0.1) is 0 Å². The summed E-state index contributed by atoms with van der Waals surface area (Å²) in [6, 6.07) is 15.5. The lowest BCUT2D eigenvalue weighted by Crippen LogP contribution is -2.24. The molecule has 2 aromatic carbocycles. The topological polar surface area (TPSA) is 84.2 Å². The van der Waals surface area contributed by atoms with Gasteiger partial charge in [0.05, 0.1) is 0 Å². The minimum Gasteiger partial charge on any atom is -0.336 e. The van der Waals surface area contributed by atoms with Gasteiger partial charge in [-0.25, -0.2) is 4.98 Å². The van der Waals surface area contributed by atoms with Crippen LogP contribution in [0.2, 0.25) is 0 Å². The number of benzene rings is 2. The van der Waals surface area contributed by atoms with E-state index in [1.807, 2.05) is 0 Å². The van der Waals surface area contributed by atoms with Crippen molar-refractivity contribution < 1.29 is 14.3 Å². The van der Waals surface area contributed by atoms with Crippen molar-refractivity contribution in [2.75, 3.05) is 5.32 Å². The zero-order valence-electron chi connectivity index (χ0n) is 13.7. The monoisotopic (exact) mass is 355 g/mol. The maximum absolute atomic E-state index is 12.9. The van der Waals surface area contributed by atoms with Crippen LogP contribution in [0.5, 0.6) is 0 Å². The van der Waals surface area contributed by atoms with Gasteiger partial charge in [-0.2, -0.15) is 0 Å². The number of aromatic nitrogens is 2. The molecule has 1 unspecified atom stereocenters. The molecule has 1 heterocycles. The van der Waals surface area contributed by atoms with Gasteiger partial charge in [-0.05, 0) is 36.4 Å². The van der Waals surface area contributed by atoms with Crippen molar-refractivity contribution in [2.24, 2.45) is 0 Å². The van der Waals surface area contributed by atoms with Gasteiger partial charge in [0.15, 0.2) is 0 Å². The molecule has 0 saturated carbocycles. The van der Waals surface area contributed by atoms with Crippen LogP contribution < -0.4 is 16.2 Å². The molecule has 0 spiro atoms. The van der Waals surface area contributed by atoms with Crippen molar-refractivity contribution in [3.63, 3.8) is 0 Å². The van der Waals surface area contributed by atoms with E-state index in [-0.39, 0.29) is 11.5 Å². The highest BCUT2D eigenvalue weighted by Crippen LogP contribution is 2.37. The number of carbonyl (C=O) groups is 1. The van der Waals surface area contributed by atoms with Crippen LogP contribution in [0.15, 0.2) is 67.0 Å². The molecule has 0 saturated heterocycles. The Morgan fingerprint density at radius 2 is 1.84 bits per heavy atom. The molecule has 0 aliphatic carbocycles. The Morgan fingerprint density at radius 1 is 1.16 bits per heavy atom. The minimum atomic E-state index is -3.81. The fourth-order valence-corrected chi connectivity index (χ4v) is 3.93. The SMILES string of the molecule is CCC(=O)Nc1ccc(-n2ccnc2P(=O)(O)c2ccccc2)cc1. The molecule has 0 fully saturated rings. The lowest BCUT2D eigenvalue weighted by atomic mass is 10.2. The Hall–Kier alpha value is -2.69. The van der Waals surface area contributed by atoms with Gasteiger partial charge in [-0.1, -0.05) is 25.1 Å². The molecule has 7 heteroatoms. The number of imidazole rings is 1. The van der Waals surface area contributed by atoms with Gasteiger partial charge in [0.2, 0.25) is 11.5 Å². The molecule has 2 N–H and O–H groups in total. The predicted molar refractivity (Wildman–Crippen MR) is 98.0 cm³/mol. The molecule has 128 valence electrons. The third kappa shape index (κ3) is 3.55. The summed E-state index contributed by atoms with van der Waals surface area (Å²) >= 11 is 0. The summed E-state index contributed by atoms with van der Waals surface area (Å²) in [6.45, 7) is 1.78. The van der Waals surface area contributed by atoms with Crippen LogP contribution in [0.3, 0.4) is 0 Å². The van der Waals surface area contributed by atoms with Crippen LogP contribution in [0.4, 0.5) is 5.69 Å². The van der Waals surface area contributed by atoms with E-state index in [4.69, 9.17) is 0 Å². The Morgan fingerprint density at radius 3 is 2.48 bits per heavy atom. The molecule has 6 nitrogen and oxygen atoms in total. The highest BCUT2D eigenvalue weighted by Gasteiger charge is 2.29. The first-order valence-electron chi connectivity index (χ1n) is 7.85. The van der Waals surface area contributed by atoms with E-state index < -0.39 is 7.37 Å². The predicted octanol–water partition coefficient (Wildman–Crippen LogP) is 2.44. The second kappa shape index (κ2) is 7.05. The van der Waals surface area contributed by atoms with Gasteiger partial charge >= 0.3 is 0 Å². The minimum absolute atomic E-state index is 0.0694.